The lowest BCUT2D eigenvalue weighted by atomic mass is 9.84. The molecule has 2 atom stereocenters. The summed E-state index contributed by atoms with van der Waals surface area (Å²) in [7, 11) is 0. The topological polar surface area (TPSA) is 21.3 Å². The van der Waals surface area contributed by atoms with Gasteiger partial charge < -0.3 is 10.1 Å². The highest BCUT2D eigenvalue weighted by atomic mass is 19.4. The molecule has 0 spiro atoms. The summed E-state index contributed by atoms with van der Waals surface area (Å²) in [6, 6.07) is 7.02. The average molecular weight is 301 g/mol. The van der Waals surface area contributed by atoms with Gasteiger partial charge in [-0.3, -0.25) is 0 Å². The van der Waals surface area contributed by atoms with Gasteiger partial charge in [-0.25, -0.2) is 0 Å². The lowest BCUT2D eigenvalue weighted by molar-refractivity contribution is -0.189. The van der Waals surface area contributed by atoms with Crippen LogP contribution >= 0.6 is 0 Å². The van der Waals surface area contributed by atoms with E-state index in [9.17, 15) is 13.2 Å². The Labute approximate surface area is 123 Å². The van der Waals surface area contributed by atoms with Gasteiger partial charge >= 0.3 is 6.18 Å². The Morgan fingerprint density at radius 1 is 1.24 bits per heavy atom. The van der Waals surface area contributed by atoms with E-state index in [2.05, 4.69) is 5.32 Å². The molecule has 2 nitrogen and oxygen atoms in total. The van der Waals surface area contributed by atoms with Gasteiger partial charge in [0.25, 0.3) is 0 Å². The highest BCUT2D eigenvalue weighted by Gasteiger charge is 2.45. The largest absolute Gasteiger partial charge is 0.494 e. The van der Waals surface area contributed by atoms with E-state index in [1.165, 1.54) is 0 Å². The molecule has 0 radical (unpaired) electrons. The molecule has 1 aromatic carbocycles. The van der Waals surface area contributed by atoms with E-state index in [-0.39, 0.29) is 6.42 Å². The van der Waals surface area contributed by atoms with Crippen LogP contribution < -0.4 is 10.1 Å². The Morgan fingerprint density at radius 3 is 2.71 bits per heavy atom. The molecular formula is C16H22F3NO. The summed E-state index contributed by atoms with van der Waals surface area (Å²) < 4.78 is 44.5. The first-order chi connectivity index (χ1) is 10.0. The number of ether oxygens (including phenoxy) is 1. The molecule has 1 aliphatic carbocycles. The van der Waals surface area contributed by atoms with Crippen LogP contribution in [0.1, 0.15) is 38.2 Å². The zero-order valence-electron chi connectivity index (χ0n) is 12.2. The van der Waals surface area contributed by atoms with Crippen molar-refractivity contribution in [2.24, 2.45) is 5.92 Å². The Hall–Kier alpha value is -1.23. The maximum absolute atomic E-state index is 13.0. The van der Waals surface area contributed by atoms with E-state index in [0.717, 1.165) is 17.7 Å². The number of nitrogens with one attached hydrogen (secondary N) is 1. The molecule has 1 saturated carbocycles. The van der Waals surface area contributed by atoms with Gasteiger partial charge in [-0.15, -0.1) is 0 Å². The van der Waals surface area contributed by atoms with Crippen LogP contribution in [0, 0.1) is 5.92 Å². The van der Waals surface area contributed by atoms with Crippen molar-refractivity contribution >= 4 is 0 Å². The molecule has 1 aliphatic rings. The van der Waals surface area contributed by atoms with Crippen LogP contribution in [0.25, 0.3) is 0 Å². The van der Waals surface area contributed by atoms with Gasteiger partial charge in [-0.2, -0.15) is 13.2 Å². The van der Waals surface area contributed by atoms with Gasteiger partial charge in [-0.05, 0) is 37.5 Å². The molecule has 2 rings (SSSR count). The first kappa shape index (κ1) is 16.1. The third-order valence-corrected chi connectivity index (χ3v) is 3.96. The van der Waals surface area contributed by atoms with Crippen molar-refractivity contribution in [1.82, 2.24) is 5.32 Å². The van der Waals surface area contributed by atoms with Crippen LogP contribution in [-0.4, -0.2) is 18.8 Å². The van der Waals surface area contributed by atoms with Crippen molar-refractivity contribution in [2.45, 2.75) is 51.4 Å². The van der Waals surface area contributed by atoms with Gasteiger partial charge in [-0.1, -0.05) is 25.0 Å². The maximum atomic E-state index is 13.0. The third kappa shape index (κ3) is 4.63. The van der Waals surface area contributed by atoms with Crippen LogP contribution in [0.15, 0.2) is 24.3 Å². The molecule has 5 heteroatoms. The van der Waals surface area contributed by atoms with Crippen LogP contribution in [0.4, 0.5) is 13.2 Å². The predicted molar refractivity (Wildman–Crippen MR) is 76.3 cm³/mol. The molecule has 1 aromatic rings. The Balaban J connectivity index is 1.96. The molecule has 1 fully saturated rings. The summed E-state index contributed by atoms with van der Waals surface area (Å²) in [5, 5.41) is 3.09. The molecule has 0 aliphatic heterocycles. The SMILES string of the molecule is CCOc1cccc(CNC2CCCCC2C(F)(F)F)c1. The summed E-state index contributed by atoms with van der Waals surface area (Å²) in [4.78, 5) is 0. The lowest BCUT2D eigenvalue weighted by Crippen LogP contribution is -2.45. The van der Waals surface area contributed by atoms with Crippen LogP contribution in [-0.2, 0) is 6.54 Å². The lowest BCUT2D eigenvalue weighted by Gasteiger charge is -2.33. The normalized spacial score (nSPS) is 23.0. The first-order valence-electron chi connectivity index (χ1n) is 7.52. The van der Waals surface area contributed by atoms with Gasteiger partial charge in [0.2, 0.25) is 0 Å². The Morgan fingerprint density at radius 2 is 2.00 bits per heavy atom. The minimum atomic E-state index is -4.11. The van der Waals surface area contributed by atoms with E-state index < -0.39 is 18.1 Å². The fourth-order valence-corrected chi connectivity index (χ4v) is 2.93. The van der Waals surface area contributed by atoms with Gasteiger partial charge in [0, 0.05) is 12.6 Å². The molecule has 0 heterocycles. The number of hydrogen-bond acceptors (Lipinski definition) is 2. The van der Waals surface area contributed by atoms with Crippen molar-refractivity contribution in [3.05, 3.63) is 29.8 Å². The van der Waals surface area contributed by atoms with Crippen LogP contribution in [0.3, 0.4) is 0 Å². The fourth-order valence-electron chi connectivity index (χ4n) is 2.93. The van der Waals surface area contributed by atoms with Crippen molar-refractivity contribution in [3.63, 3.8) is 0 Å². The van der Waals surface area contributed by atoms with Crippen molar-refractivity contribution in [2.75, 3.05) is 6.61 Å². The minimum absolute atomic E-state index is 0.236. The van der Waals surface area contributed by atoms with Gasteiger partial charge in [0.05, 0.1) is 12.5 Å². The molecule has 0 bridgehead atoms. The monoisotopic (exact) mass is 301 g/mol. The maximum Gasteiger partial charge on any atom is 0.393 e. The summed E-state index contributed by atoms with van der Waals surface area (Å²) in [5.41, 5.74) is 0.951. The number of hydrogen-bond donors (Lipinski definition) is 1. The van der Waals surface area contributed by atoms with E-state index >= 15 is 0 Å². The fraction of sp³-hybridized carbons (Fsp3) is 0.625. The zero-order chi connectivity index (χ0) is 15.3. The number of halogens is 3. The van der Waals surface area contributed by atoms with E-state index in [0.29, 0.717) is 26.0 Å². The highest BCUT2D eigenvalue weighted by Crippen LogP contribution is 2.37. The van der Waals surface area contributed by atoms with Crippen molar-refractivity contribution < 1.29 is 17.9 Å². The number of alkyl halides is 3. The number of benzene rings is 1. The Bertz CT molecular complexity index is 447. The molecular weight excluding hydrogens is 279 g/mol. The average Bonchev–Trinajstić information content (AvgIpc) is 2.45. The summed E-state index contributed by atoms with van der Waals surface area (Å²) in [5.74, 6) is -0.464. The minimum Gasteiger partial charge on any atom is -0.494 e. The number of rotatable bonds is 5. The smallest absolute Gasteiger partial charge is 0.393 e. The summed E-state index contributed by atoms with van der Waals surface area (Å²) in [6.45, 7) is 2.93. The predicted octanol–water partition coefficient (Wildman–Crippen LogP) is 4.30. The van der Waals surface area contributed by atoms with E-state index in [1.807, 2.05) is 31.2 Å². The molecule has 0 aromatic heterocycles. The van der Waals surface area contributed by atoms with Crippen LogP contribution in [0.5, 0.6) is 5.75 Å². The third-order valence-electron chi connectivity index (χ3n) is 3.96. The quantitative estimate of drug-likeness (QED) is 0.875. The van der Waals surface area contributed by atoms with Gasteiger partial charge in [0.1, 0.15) is 5.75 Å². The molecule has 118 valence electrons. The molecule has 21 heavy (non-hydrogen) atoms. The second-order valence-corrected chi connectivity index (χ2v) is 5.50. The van der Waals surface area contributed by atoms with Crippen LogP contribution in [0.2, 0.25) is 0 Å². The van der Waals surface area contributed by atoms with Crippen molar-refractivity contribution in [1.29, 1.82) is 0 Å². The highest BCUT2D eigenvalue weighted by molar-refractivity contribution is 5.28. The van der Waals surface area contributed by atoms with Gasteiger partial charge in [0.15, 0.2) is 0 Å². The van der Waals surface area contributed by atoms with E-state index in [1.54, 1.807) is 0 Å². The standard InChI is InChI=1S/C16H22F3NO/c1-2-21-13-7-5-6-12(10-13)11-20-15-9-4-3-8-14(15)16(17,18)19/h5-7,10,14-15,20H,2-4,8-9,11H2,1H3. The second kappa shape index (κ2) is 7.16. The molecule has 0 amide bonds. The molecule has 0 saturated heterocycles. The zero-order valence-corrected chi connectivity index (χ0v) is 12.2. The van der Waals surface area contributed by atoms with E-state index in [4.69, 9.17) is 4.74 Å². The second-order valence-electron chi connectivity index (χ2n) is 5.50. The first-order valence-corrected chi connectivity index (χ1v) is 7.52. The summed E-state index contributed by atoms with van der Waals surface area (Å²) in [6.07, 6.45) is -1.74. The summed E-state index contributed by atoms with van der Waals surface area (Å²) >= 11 is 0. The Kier molecular flexibility index (Phi) is 5.51. The van der Waals surface area contributed by atoms with Crippen molar-refractivity contribution in [3.8, 4) is 5.75 Å². The molecule has 1 N–H and O–H groups in total. The molecule has 2 unspecified atom stereocenters.